The average molecular weight is 269 g/mol. The van der Waals surface area contributed by atoms with Crippen LogP contribution in [-0.4, -0.2) is 17.6 Å². The van der Waals surface area contributed by atoms with E-state index in [9.17, 15) is 8.78 Å². The molecule has 1 aromatic rings. The van der Waals surface area contributed by atoms with Crippen LogP contribution in [0.5, 0.6) is 0 Å². The lowest BCUT2D eigenvalue weighted by molar-refractivity contribution is 0.570. The molecule has 5 heteroatoms. The summed E-state index contributed by atoms with van der Waals surface area (Å²) in [6.45, 7) is 4.60. The number of pyridine rings is 1. The summed E-state index contributed by atoms with van der Waals surface area (Å²) in [5.41, 5.74) is 0. The van der Waals surface area contributed by atoms with E-state index in [1.54, 1.807) is 0 Å². The Morgan fingerprint density at radius 1 is 1.32 bits per heavy atom. The molecule has 1 heterocycles. The average Bonchev–Trinajstić information content (AvgIpc) is 3.15. The lowest BCUT2D eigenvalue weighted by atomic mass is 10.1. The van der Waals surface area contributed by atoms with Crippen molar-refractivity contribution in [3.63, 3.8) is 0 Å². The molecule has 0 saturated heterocycles. The van der Waals surface area contributed by atoms with Gasteiger partial charge in [-0.15, -0.1) is 0 Å². The fourth-order valence-electron chi connectivity index (χ4n) is 2.08. The van der Waals surface area contributed by atoms with E-state index >= 15 is 0 Å². The highest BCUT2D eigenvalue weighted by atomic mass is 19.1. The second kappa shape index (κ2) is 6.17. The van der Waals surface area contributed by atoms with Crippen LogP contribution in [0.2, 0.25) is 0 Å². The standard InChI is InChI=1S/C14H21F2N3/c1-3-6-17-13-11(15)8-12(16)14(19-13)18-9(2)7-10-4-5-10/h8-10H,3-7H2,1-2H3,(H2,17,18,19). The van der Waals surface area contributed by atoms with Crippen LogP contribution in [0, 0.1) is 17.6 Å². The lowest BCUT2D eigenvalue weighted by Gasteiger charge is -2.16. The van der Waals surface area contributed by atoms with E-state index < -0.39 is 11.6 Å². The molecule has 1 atom stereocenters. The molecular weight excluding hydrogens is 248 g/mol. The monoisotopic (exact) mass is 269 g/mol. The second-order valence-corrected chi connectivity index (χ2v) is 5.30. The molecule has 106 valence electrons. The SMILES string of the molecule is CCCNc1nc(NC(C)CC2CC2)c(F)cc1F. The highest BCUT2D eigenvalue weighted by Crippen LogP contribution is 2.34. The van der Waals surface area contributed by atoms with Gasteiger partial charge in [-0.25, -0.2) is 13.8 Å². The maximum atomic E-state index is 13.7. The molecule has 19 heavy (non-hydrogen) atoms. The van der Waals surface area contributed by atoms with Crippen LogP contribution in [0.4, 0.5) is 20.4 Å². The maximum Gasteiger partial charge on any atom is 0.168 e. The molecule has 2 rings (SSSR count). The Hall–Kier alpha value is -1.39. The first kappa shape index (κ1) is 14.0. The van der Waals surface area contributed by atoms with E-state index in [1.807, 2.05) is 13.8 Å². The number of hydrogen-bond donors (Lipinski definition) is 2. The molecule has 2 N–H and O–H groups in total. The van der Waals surface area contributed by atoms with Gasteiger partial charge in [0, 0.05) is 18.7 Å². The smallest absolute Gasteiger partial charge is 0.168 e. The summed E-state index contributed by atoms with van der Waals surface area (Å²) in [4.78, 5) is 4.00. The van der Waals surface area contributed by atoms with Crippen LogP contribution >= 0.6 is 0 Å². The van der Waals surface area contributed by atoms with Crippen molar-refractivity contribution >= 4 is 11.6 Å². The third-order valence-corrected chi connectivity index (χ3v) is 3.24. The third-order valence-electron chi connectivity index (χ3n) is 3.24. The van der Waals surface area contributed by atoms with Crippen molar-refractivity contribution in [2.24, 2.45) is 5.92 Å². The molecule has 0 radical (unpaired) electrons. The fraction of sp³-hybridized carbons (Fsp3) is 0.643. The summed E-state index contributed by atoms with van der Waals surface area (Å²) in [7, 11) is 0. The van der Waals surface area contributed by atoms with Gasteiger partial charge in [-0.3, -0.25) is 0 Å². The highest BCUT2D eigenvalue weighted by Gasteiger charge is 2.24. The predicted molar refractivity (Wildman–Crippen MR) is 73.4 cm³/mol. The molecule has 1 aliphatic carbocycles. The highest BCUT2D eigenvalue weighted by molar-refractivity contribution is 5.48. The number of anilines is 2. The minimum Gasteiger partial charge on any atom is -0.368 e. The van der Waals surface area contributed by atoms with Crippen LogP contribution in [0.25, 0.3) is 0 Å². The Morgan fingerprint density at radius 3 is 2.63 bits per heavy atom. The van der Waals surface area contributed by atoms with E-state index in [0.29, 0.717) is 6.54 Å². The van der Waals surface area contributed by atoms with Crippen molar-refractivity contribution in [1.82, 2.24) is 4.98 Å². The number of rotatable bonds is 7. The van der Waals surface area contributed by atoms with E-state index in [2.05, 4.69) is 15.6 Å². The molecule has 1 aliphatic rings. The van der Waals surface area contributed by atoms with Crippen molar-refractivity contribution in [3.05, 3.63) is 17.7 Å². The first-order valence-electron chi connectivity index (χ1n) is 6.96. The van der Waals surface area contributed by atoms with Gasteiger partial charge < -0.3 is 10.6 Å². The van der Waals surface area contributed by atoms with Crippen molar-refractivity contribution in [3.8, 4) is 0 Å². The van der Waals surface area contributed by atoms with Gasteiger partial charge >= 0.3 is 0 Å². The quantitative estimate of drug-likeness (QED) is 0.791. The van der Waals surface area contributed by atoms with E-state index in [1.165, 1.54) is 12.8 Å². The van der Waals surface area contributed by atoms with Crippen LogP contribution in [0.1, 0.15) is 39.5 Å². The minimum atomic E-state index is -0.647. The number of aromatic nitrogens is 1. The molecule has 1 unspecified atom stereocenters. The summed E-state index contributed by atoms with van der Waals surface area (Å²) in [6.07, 6.45) is 4.39. The zero-order valence-electron chi connectivity index (χ0n) is 11.5. The molecule has 3 nitrogen and oxygen atoms in total. The van der Waals surface area contributed by atoms with Crippen molar-refractivity contribution in [2.75, 3.05) is 17.2 Å². The summed E-state index contributed by atoms with van der Waals surface area (Å²) < 4.78 is 27.2. The Bertz CT molecular complexity index is 433. The Labute approximate surface area is 112 Å². The summed E-state index contributed by atoms with van der Waals surface area (Å²) in [5.74, 6) is -0.283. The second-order valence-electron chi connectivity index (χ2n) is 5.30. The number of hydrogen-bond acceptors (Lipinski definition) is 3. The molecular formula is C14H21F2N3. The number of nitrogens with one attached hydrogen (secondary N) is 2. The maximum absolute atomic E-state index is 13.7. The normalized spacial score (nSPS) is 16.2. The summed E-state index contributed by atoms with van der Waals surface area (Å²) in [6, 6.07) is 1.04. The van der Waals surface area contributed by atoms with Crippen molar-refractivity contribution < 1.29 is 8.78 Å². The molecule has 1 aromatic heterocycles. The van der Waals surface area contributed by atoms with Crippen molar-refractivity contribution in [1.29, 1.82) is 0 Å². The van der Waals surface area contributed by atoms with Crippen LogP contribution in [-0.2, 0) is 0 Å². The fourth-order valence-corrected chi connectivity index (χ4v) is 2.08. The molecule has 0 aliphatic heterocycles. The largest absolute Gasteiger partial charge is 0.368 e. The molecule has 0 aromatic carbocycles. The zero-order valence-corrected chi connectivity index (χ0v) is 11.5. The van der Waals surface area contributed by atoms with Crippen LogP contribution in [0.3, 0.4) is 0 Å². The first-order valence-corrected chi connectivity index (χ1v) is 6.96. The number of halogens is 2. The minimum absolute atomic E-state index is 0.115. The Morgan fingerprint density at radius 2 is 2.00 bits per heavy atom. The van der Waals surface area contributed by atoms with Crippen LogP contribution < -0.4 is 10.6 Å². The number of nitrogens with zero attached hydrogens (tertiary/aromatic N) is 1. The third kappa shape index (κ3) is 4.04. The molecule has 1 fully saturated rings. The van der Waals surface area contributed by atoms with Gasteiger partial charge in [-0.05, 0) is 25.7 Å². The Balaban J connectivity index is 2.04. The molecule has 0 spiro atoms. The van der Waals surface area contributed by atoms with Gasteiger partial charge in [0.15, 0.2) is 23.3 Å². The molecule has 0 amide bonds. The van der Waals surface area contributed by atoms with Gasteiger partial charge in [-0.1, -0.05) is 19.8 Å². The van der Waals surface area contributed by atoms with E-state index in [-0.39, 0.29) is 17.7 Å². The summed E-state index contributed by atoms with van der Waals surface area (Å²) in [5, 5.41) is 5.90. The molecule has 1 saturated carbocycles. The summed E-state index contributed by atoms with van der Waals surface area (Å²) >= 11 is 0. The van der Waals surface area contributed by atoms with Crippen molar-refractivity contribution in [2.45, 2.75) is 45.6 Å². The molecule has 0 bridgehead atoms. The zero-order chi connectivity index (χ0) is 13.8. The topological polar surface area (TPSA) is 37.0 Å². The van der Waals surface area contributed by atoms with Gasteiger partial charge in [0.25, 0.3) is 0 Å². The van der Waals surface area contributed by atoms with E-state index in [0.717, 1.165) is 24.8 Å². The Kier molecular flexibility index (Phi) is 4.56. The van der Waals surface area contributed by atoms with Gasteiger partial charge in [0.05, 0.1) is 0 Å². The van der Waals surface area contributed by atoms with Crippen LogP contribution in [0.15, 0.2) is 6.07 Å². The predicted octanol–water partition coefficient (Wildman–Crippen LogP) is 3.78. The first-order chi connectivity index (χ1) is 9.10. The van der Waals surface area contributed by atoms with Gasteiger partial charge in [0.1, 0.15) is 0 Å². The van der Waals surface area contributed by atoms with E-state index in [4.69, 9.17) is 0 Å². The lowest BCUT2D eigenvalue weighted by Crippen LogP contribution is -2.18. The van der Waals surface area contributed by atoms with Gasteiger partial charge in [-0.2, -0.15) is 0 Å². The van der Waals surface area contributed by atoms with Gasteiger partial charge in [0.2, 0.25) is 0 Å².